The molecule has 1 unspecified atom stereocenters. The van der Waals surface area contributed by atoms with Crippen molar-refractivity contribution in [3.8, 4) is 0 Å². The van der Waals surface area contributed by atoms with Crippen LogP contribution in [0, 0.1) is 0 Å². The molecule has 0 aromatic heterocycles. The fourth-order valence-corrected chi connectivity index (χ4v) is 1.18. The summed E-state index contributed by atoms with van der Waals surface area (Å²) in [6.45, 7) is 7.62. The van der Waals surface area contributed by atoms with Crippen LogP contribution in [0.2, 0.25) is 0 Å². The van der Waals surface area contributed by atoms with Gasteiger partial charge in [0.25, 0.3) is 0 Å². The molecule has 0 saturated heterocycles. The van der Waals surface area contributed by atoms with Crippen LogP contribution < -0.4 is 0 Å². The van der Waals surface area contributed by atoms with Gasteiger partial charge in [-0.15, -0.1) is 0 Å². The number of rotatable bonds is 10. The van der Waals surface area contributed by atoms with Crippen LogP contribution in [0.25, 0.3) is 0 Å². The predicted octanol–water partition coefficient (Wildman–Crippen LogP) is 3.54. The predicted molar refractivity (Wildman–Crippen MR) is 67.1 cm³/mol. The molecule has 4 heteroatoms. The molecule has 0 aliphatic rings. The van der Waals surface area contributed by atoms with E-state index in [2.05, 4.69) is 6.92 Å². The molecular weight excluding hydrogens is 220 g/mol. The van der Waals surface area contributed by atoms with E-state index in [4.69, 9.17) is 14.2 Å². The summed E-state index contributed by atoms with van der Waals surface area (Å²) in [5, 5.41) is 0. The molecule has 0 rings (SSSR count). The topological polar surface area (TPSA) is 44.8 Å². The van der Waals surface area contributed by atoms with Crippen LogP contribution in [0.1, 0.15) is 52.9 Å². The first-order chi connectivity index (χ1) is 8.24. The molecule has 0 radical (unpaired) electrons. The molecule has 0 aliphatic heterocycles. The Balaban J connectivity index is 3.55. The lowest BCUT2D eigenvalue weighted by Crippen LogP contribution is -2.22. The minimum Gasteiger partial charge on any atom is -0.434 e. The Kier molecular flexibility index (Phi) is 11.2. The molecule has 0 fully saturated rings. The van der Waals surface area contributed by atoms with Gasteiger partial charge in [-0.1, -0.05) is 33.6 Å². The Morgan fingerprint density at radius 3 is 2.24 bits per heavy atom. The molecule has 4 nitrogen and oxygen atoms in total. The van der Waals surface area contributed by atoms with Gasteiger partial charge in [0, 0.05) is 6.61 Å². The van der Waals surface area contributed by atoms with Crippen molar-refractivity contribution < 1.29 is 19.0 Å². The zero-order valence-corrected chi connectivity index (χ0v) is 11.4. The average Bonchev–Trinajstić information content (AvgIpc) is 2.34. The van der Waals surface area contributed by atoms with Gasteiger partial charge in [0.2, 0.25) is 0 Å². The SMILES string of the molecule is CCCCOC(=O)OCC(CC)OCCCC. The Morgan fingerprint density at radius 1 is 1.00 bits per heavy atom. The minimum absolute atomic E-state index is 0.0136. The quantitative estimate of drug-likeness (QED) is 0.437. The van der Waals surface area contributed by atoms with Gasteiger partial charge in [0.15, 0.2) is 0 Å². The Labute approximate surface area is 105 Å². The number of unbranched alkanes of at least 4 members (excludes halogenated alkanes) is 2. The zero-order valence-electron chi connectivity index (χ0n) is 11.4. The molecule has 0 bridgehead atoms. The highest BCUT2D eigenvalue weighted by molar-refractivity contribution is 5.59. The second kappa shape index (κ2) is 11.7. The van der Waals surface area contributed by atoms with Gasteiger partial charge in [0.1, 0.15) is 6.61 Å². The number of ether oxygens (including phenoxy) is 3. The van der Waals surface area contributed by atoms with Crippen molar-refractivity contribution >= 4 is 6.16 Å². The maximum atomic E-state index is 11.2. The third-order valence-electron chi connectivity index (χ3n) is 2.41. The van der Waals surface area contributed by atoms with Crippen molar-refractivity contribution in [1.29, 1.82) is 0 Å². The summed E-state index contributed by atoms with van der Waals surface area (Å²) < 4.78 is 15.4. The van der Waals surface area contributed by atoms with Gasteiger partial charge < -0.3 is 14.2 Å². The first-order valence-corrected chi connectivity index (χ1v) is 6.65. The minimum atomic E-state index is -0.587. The van der Waals surface area contributed by atoms with E-state index in [1.165, 1.54) is 0 Å². The summed E-state index contributed by atoms with van der Waals surface area (Å²) in [5.74, 6) is 0. The maximum absolute atomic E-state index is 11.2. The Bertz CT molecular complexity index is 182. The van der Waals surface area contributed by atoms with Crippen LogP contribution in [0.15, 0.2) is 0 Å². The molecule has 0 saturated carbocycles. The molecule has 0 spiro atoms. The summed E-state index contributed by atoms with van der Waals surface area (Å²) in [7, 11) is 0. The Morgan fingerprint density at radius 2 is 1.65 bits per heavy atom. The van der Waals surface area contributed by atoms with Crippen LogP contribution >= 0.6 is 0 Å². The monoisotopic (exact) mass is 246 g/mol. The summed E-state index contributed by atoms with van der Waals surface area (Å²) in [4.78, 5) is 11.2. The molecule has 0 amide bonds. The molecule has 1 atom stereocenters. The molecule has 0 N–H and O–H groups in total. The fraction of sp³-hybridized carbons (Fsp3) is 0.923. The van der Waals surface area contributed by atoms with Crippen molar-refractivity contribution in [3.63, 3.8) is 0 Å². The fourth-order valence-electron chi connectivity index (χ4n) is 1.18. The highest BCUT2D eigenvalue weighted by Crippen LogP contribution is 2.02. The van der Waals surface area contributed by atoms with E-state index in [-0.39, 0.29) is 12.7 Å². The van der Waals surface area contributed by atoms with E-state index < -0.39 is 6.16 Å². The summed E-state index contributed by atoms with van der Waals surface area (Å²) >= 11 is 0. The lowest BCUT2D eigenvalue weighted by molar-refractivity contribution is -0.0187. The summed E-state index contributed by atoms with van der Waals surface area (Å²) in [5.41, 5.74) is 0. The zero-order chi connectivity index (χ0) is 12.9. The summed E-state index contributed by atoms with van der Waals surface area (Å²) in [6.07, 6.45) is 4.26. The van der Waals surface area contributed by atoms with Crippen molar-refractivity contribution in [3.05, 3.63) is 0 Å². The van der Waals surface area contributed by atoms with E-state index in [9.17, 15) is 4.79 Å². The highest BCUT2D eigenvalue weighted by atomic mass is 16.7. The molecule has 102 valence electrons. The Hall–Kier alpha value is -0.770. The van der Waals surface area contributed by atoms with Crippen molar-refractivity contribution in [1.82, 2.24) is 0 Å². The average molecular weight is 246 g/mol. The second-order valence-corrected chi connectivity index (χ2v) is 4.02. The molecule has 17 heavy (non-hydrogen) atoms. The molecule has 0 aliphatic carbocycles. The van der Waals surface area contributed by atoms with Gasteiger partial charge in [0.05, 0.1) is 12.7 Å². The van der Waals surface area contributed by atoms with E-state index in [0.717, 1.165) is 38.7 Å². The van der Waals surface area contributed by atoms with E-state index in [0.29, 0.717) is 6.61 Å². The second-order valence-electron chi connectivity index (χ2n) is 4.02. The highest BCUT2D eigenvalue weighted by Gasteiger charge is 2.10. The van der Waals surface area contributed by atoms with Crippen LogP contribution in [0.4, 0.5) is 4.79 Å². The van der Waals surface area contributed by atoms with Gasteiger partial charge in [-0.2, -0.15) is 0 Å². The summed E-state index contributed by atoms with van der Waals surface area (Å²) in [6, 6.07) is 0. The number of hydrogen-bond acceptors (Lipinski definition) is 4. The van der Waals surface area contributed by atoms with Gasteiger partial charge in [-0.3, -0.25) is 0 Å². The van der Waals surface area contributed by atoms with Gasteiger partial charge >= 0.3 is 6.16 Å². The maximum Gasteiger partial charge on any atom is 0.508 e. The molecular formula is C13H26O4. The van der Waals surface area contributed by atoms with Crippen molar-refractivity contribution in [2.24, 2.45) is 0 Å². The van der Waals surface area contributed by atoms with Crippen LogP contribution in [-0.4, -0.2) is 32.1 Å². The number of carbonyl (C=O) groups is 1. The van der Waals surface area contributed by atoms with Crippen LogP contribution in [0.3, 0.4) is 0 Å². The van der Waals surface area contributed by atoms with E-state index in [1.54, 1.807) is 0 Å². The van der Waals surface area contributed by atoms with E-state index >= 15 is 0 Å². The van der Waals surface area contributed by atoms with Crippen LogP contribution in [0.5, 0.6) is 0 Å². The largest absolute Gasteiger partial charge is 0.508 e. The van der Waals surface area contributed by atoms with E-state index in [1.807, 2.05) is 13.8 Å². The van der Waals surface area contributed by atoms with Gasteiger partial charge in [-0.25, -0.2) is 4.79 Å². The van der Waals surface area contributed by atoms with Crippen LogP contribution in [-0.2, 0) is 14.2 Å². The third kappa shape index (κ3) is 10.1. The van der Waals surface area contributed by atoms with Gasteiger partial charge in [-0.05, 0) is 19.3 Å². The lowest BCUT2D eigenvalue weighted by atomic mass is 10.3. The standard InChI is InChI=1S/C13H26O4/c1-4-7-9-15-12(6-3)11-17-13(14)16-10-8-5-2/h12H,4-11H2,1-3H3. The molecule has 0 aromatic carbocycles. The lowest BCUT2D eigenvalue weighted by Gasteiger charge is -2.15. The molecule has 0 heterocycles. The first kappa shape index (κ1) is 16.2. The number of hydrogen-bond donors (Lipinski definition) is 0. The molecule has 0 aromatic rings. The smallest absolute Gasteiger partial charge is 0.434 e. The third-order valence-corrected chi connectivity index (χ3v) is 2.41. The van der Waals surface area contributed by atoms with Crippen molar-refractivity contribution in [2.45, 2.75) is 59.0 Å². The van der Waals surface area contributed by atoms with Crippen molar-refractivity contribution in [2.75, 3.05) is 19.8 Å². The first-order valence-electron chi connectivity index (χ1n) is 6.65. The number of carbonyl (C=O) groups excluding carboxylic acids is 1. The normalized spacial score (nSPS) is 12.2.